The molecule has 1 aromatic carbocycles. The van der Waals surface area contributed by atoms with Crippen molar-refractivity contribution < 1.29 is 13.6 Å². The summed E-state index contributed by atoms with van der Waals surface area (Å²) in [6.07, 6.45) is 5.29. The molecular weight excluding hydrogens is 278 g/mol. The van der Waals surface area contributed by atoms with Crippen LogP contribution in [-0.2, 0) is 6.54 Å². The lowest BCUT2D eigenvalue weighted by Crippen LogP contribution is -2.31. The summed E-state index contributed by atoms with van der Waals surface area (Å²) in [7, 11) is 0. The van der Waals surface area contributed by atoms with Crippen LogP contribution in [0, 0.1) is 0 Å². The van der Waals surface area contributed by atoms with Gasteiger partial charge in [-0.25, -0.2) is 0 Å². The van der Waals surface area contributed by atoms with Gasteiger partial charge in [0.05, 0.1) is 12.5 Å². The first-order valence-corrected chi connectivity index (χ1v) is 7.57. The second-order valence-corrected chi connectivity index (χ2v) is 5.36. The maximum Gasteiger partial charge on any atom is 0.289 e. The molecule has 4 nitrogen and oxygen atoms in total. The molecule has 0 saturated carbocycles. The number of hydrogen-bond acceptors (Lipinski definition) is 3. The Morgan fingerprint density at radius 2 is 2.09 bits per heavy atom. The lowest BCUT2D eigenvalue weighted by atomic mass is 10.2. The monoisotopic (exact) mass is 297 g/mol. The van der Waals surface area contributed by atoms with Crippen molar-refractivity contribution in [3.8, 4) is 0 Å². The Morgan fingerprint density at radius 3 is 2.82 bits per heavy atom. The summed E-state index contributed by atoms with van der Waals surface area (Å²) in [5.74, 6) is 0.312. The van der Waals surface area contributed by atoms with Crippen molar-refractivity contribution in [1.29, 1.82) is 0 Å². The van der Waals surface area contributed by atoms with E-state index in [1.807, 2.05) is 41.3 Å². The number of hydrogen-bond donors (Lipinski definition) is 0. The quantitative estimate of drug-likeness (QED) is 0.674. The number of amides is 1. The summed E-state index contributed by atoms with van der Waals surface area (Å²) in [6.45, 7) is 3.35. The maximum absolute atomic E-state index is 12.7. The van der Waals surface area contributed by atoms with Gasteiger partial charge >= 0.3 is 0 Å². The fourth-order valence-corrected chi connectivity index (χ4v) is 2.45. The number of carbonyl (C=O) groups excluding carboxylic acids is 1. The molecule has 4 heteroatoms. The third kappa shape index (κ3) is 3.06. The van der Waals surface area contributed by atoms with Gasteiger partial charge in [-0.1, -0.05) is 31.5 Å². The highest BCUT2D eigenvalue weighted by Gasteiger charge is 2.20. The predicted molar refractivity (Wildman–Crippen MR) is 84.6 cm³/mol. The molecule has 3 aromatic rings. The van der Waals surface area contributed by atoms with E-state index < -0.39 is 0 Å². The molecule has 0 aliphatic rings. The highest BCUT2D eigenvalue weighted by molar-refractivity contribution is 5.96. The van der Waals surface area contributed by atoms with Gasteiger partial charge in [0, 0.05) is 24.0 Å². The van der Waals surface area contributed by atoms with Gasteiger partial charge < -0.3 is 13.7 Å². The first-order valence-electron chi connectivity index (χ1n) is 7.57. The number of benzene rings is 1. The molecule has 0 fully saturated rings. The number of furan rings is 2. The van der Waals surface area contributed by atoms with Gasteiger partial charge in [0.25, 0.3) is 5.91 Å². The normalized spacial score (nSPS) is 11.0. The molecular formula is C18H19NO3. The Bertz CT molecular complexity index is 710. The van der Waals surface area contributed by atoms with Crippen LogP contribution in [0.5, 0.6) is 0 Å². The molecule has 0 aliphatic carbocycles. The number of nitrogens with zero attached hydrogens (tertiary/aromatic N) is 1. The van der Waals surface area contributed by atoms with E-state index in [0.717, 1.165) is 29.4 Å². The summed E-state index contributed by atoms with van der Waals surface area (Å²) in [4.78, 5) is 14.6. The molecule has 0 N–H and O–H groups in total. The molecule has 0 spiro atoms. The van der Waals surface area contributed by atoms with E-state index in [0.29, 0.717) is 18.8 Å². The largest absolute Gasteiger partial charge is 0.472 e. The van der Waals surface area contributed by atoms with Crippen molar-refractivity contribution in [2.24, 2.45) is 0 Å². The number of unbranched alkanes of at least 4 members (excludes halogenated alkanes) is 1. The van der Waals surface area contributed by atoms with Crippen LogP contribution < -0.4 is 0 Å². The van der Waals surface area contributed by atoms with Gasteiger partial charge in [-0.3, -0.25) is 4.79 Å². The van der Waals surface area contributed by atoms with Crippen molar-refractivity contribution in [2.45, 2.75) is 26.3 Å². The van der Waals surface area contributed by atoms with E-state index in [4.69, 9.17) is 8.83 Å². The van der Waals surface area contributed by atoms with E-state index in [2.05, 4.69) is 6.92 Å². The van der Waals surface area contributed by atoms with Crippen molar-refractivity contribution in [3.05, 3.63) is 60.2 Å². The molecule has 0 saturated heterocycles. The van der Waals surface area contributed by atoms with E-state index in [-0.39, 0.29) is 5.91 Å². The van der Waals surface area contributed by atoms with Crippen LogP contribution >= 0.6 is 0 Å². The van der Waals surface area contributed by atoms with E-state index in [1.54, 1.807) is 12.5 Å². The summed E-state index contributed by atoms with van der Waals surface area (Å²) in [5, 5.41) is 0.949. The molecule has 3 rings (SSSR count). The highest BCUT2D eigenvalue weighted by Crippen LogP contribution is 2.21. The second-order valence-electron chi connectivity index (χ2n) is 5.36. The summed E-state index contributed by atoms with van der Waals surface area (Å²) >= 11 is 0. The van der Waals surface area contributed by atoms with Gasteiger partial charge in [-0.2, -0.15) is 0 Å². The minimum atomic E-state index is -0.0779. The lowest BCUT2D eigenvalue weighted by Gasteiger charge is -2.20. The molecule has 0 radical (unpaired) electrons. The van der Waals surface area contributed by atoms with Crippen LogP contribution in [0.3, 0.4) is 0 Å². The zero-order valence-electron chi connectivity index (χ0n) is 12.6. The topological polar surface area (TPSA) is 46.6 Å². The van der Waals surface area contributed by atoms with Gasteiger partial charge in [0.1, 0.15) is 5.58 Å². The minimum absolute atomic E-state index is 0.0779. The first-order chi connectivity index (χ1) is 10.8. The number of carbonyl (C=O) groups is 1. The predicted octanol–water partition coefficient (Wildman–Crippen LogP) is 4.47. The third-order valence-corrected chi connectivity index (χ3v) is 3.66. The Labute approximate surface area is 129 Å². The van der Waals surface area contributed by atoms with E-state index in [1.165, 1.54) is 0 Å². The number of rotatable bonds is 6. The Hall–Kier alpha value is -2.49. The van der Waals surface area contributed by atoms with Crippen molar-refractivity contribution in [2.75, 3.05) is 6.54 Å². The molecule has 0 aliphatic heterocycles. The molecule has 0 unspecified atom stereocenters. The number of fused-ring (bicyclic) bond motifs is 1. The first kappa shape index (κ1) is 14.4. The fourth-order valence-electron chi connectivity index (χ4n) is 2.45. The lowest BCUT2D eigenvalue weighted by molar-refractivity contribution is 0.0711. The van der Waals surface area contributed by atoms with Gasteiger partial charge in [0.2, 0.25) is 0 Å². The third-order valence-electron chi connectivity index (χ3n) is 3.66. The van der Waals surface area contributed by atoms with Gasteiger partial charge in [-0.15, -0.1) is 0 Å². The highest BCUT2D eigenvalue weighted by atomic mass is 16.3. The van der Waals surface area contributed by atoms with Crippen molar-refractivity contribution in [3.63, 3.8) is 0 Å². The smallest absolute Gasteiger partial charge is 0.289 e. The van der Waals surface area contributed by atoms with Crippen molar-refractivity contribution in [1.82, 2.24) is 4.90 Å². The Balaban J connectivity index is 1.83. The van der Waals surface area contributed by atoms with Crippen LogP contribution in [0.1, 0.15) is 35.9 Å². The fraction of sp³-hybridized carbons (Fsp3) is 0.278. The van der Waals surface area contributed by atoms with Gasteiger partial charge in [-0.05, 0) is 24.6 Å². The molecule has 2 heterocycles. The van der Waals surface area contributed by atoms with E-state index in [9.17, 15) is 4.79 Å². The Morgan fingerprint density at radius 1 is 1.23 bits per heavy atom. The standard InChI is InChI=1S/C18H19NO3/c1-2-3-9-19(12-14-8-10-21-13-14)18(20)17-11-15-6-4-5-7-16(15)22-17/h4-8,10-11,13H,2-3,9,12H2,1H3. The molecule has 0 atom stereocenters. The molecule has 114 valence electrons. The van der Waals surface area contributed by atoms with E-state index >= 15 is 0 Å². The zero-order valence-corrected chi connectivity index (χ0v) is 12.6. The average Bonchev–Trinajstić information content (AvgIpc) is 3.19. The maximum atomic E-state index is 12.7. The summed E-state index contributed by atoms with van der Waals surface area (Å²) in [6, 6.07) is 11.4. The van der Waals surface area contributed by atoms with Crippen LogP contribution in [0.25, 0.3) is 11.0 Å². The molecule has 22 heavy (non-hydrogen) atoms. The average molecular weight is 297 g/mol. The molecule has 1 amide bonds. The number of para-hydroxylation sites is 1. The molecule has 0 bridgehead atoms. The van der Waals surface area contributed by atoms with Crippen LogP contribution in [-0.4, -0.2) is 17.4 Å². The van der Waals surface area contributed by atoms with Crippen LogP contribution in [0.2, 0.25) is 0 Å². The molecule has 2 aromatic heterocycles. The zero-order chi connectivity index (χ0) is 15.4. The second kappa shape index (κ2) is 6.52. The van der Waals surface area contributed by atoms with Gasteiger partial charge in [0.15, 0.2) is 5.76 Å². The summed E-state index contributed by atoms with van der Waals surface area (Å²) in [5.41, 5.74) is 1.73. The SMILES string of the molecule is CCCCN(Cc1ccoc1)C(=O)c1cc2ccccc2o1. The minimum Gasteiger partial charge on any atom is -0.472 e. The van der Waals surface area contributed by atoms with Crippen molar-refractivity contribution >= 4 is 16.9 Å². The van der Waals surface area contributed by atoms with Crippen LogP contribution in [0.4, 0.5) is 0 Å². The summed E-state index contributed by atoms with van der Waals surface area (Å²) < 4.78 is 10.8. The van der Waals surface area contributed by atoms with Crippen LogP contribution in [0.15, 0.2) is 57.8 Å². The Kier molecular flexibility index (Phi) is 4.28.